The average Bonchev–Trinajstić information content (AvgIpc) is 2.47. The quantitative estimate of drug-likeness (QED) is 0.590. The fraction of sp³-hybridized carbons (Fsp3) is 0.400. The summed E-state index contributed by atoms with van der Waals surface area (Å²) in [4.78, 5) is 25.2. The van der Waals surface area contributed by atoms with Gasteiger partial charge in [-0.2, -0.15) is 0 Å². The number of Topliss-reactive ketones (excluding diaryl/α,β-unsaturated/α-hetero) is 1. The van der Waals surface area contributed by atoms with Crippen molar-refractivity contribution in [2.45, 2.75) is 20.8 Å². The molecule has 1 aromatic rings. The number of esters is 1. The summed E-state index contributed by atoms with van der Waals surface area (Å²) in [6.07, 6.45) is 1.50. The summed E-state index contributed by atoms with van der Waals surface area (Å²) < 4.78 is 4.83. The lowest BCUT2D eigenvalue weighted by Gasteiger charge is -2.00. The molecule has 0 aliphatic rings. The maximum atomic E-state index is 11.3. The fourth-order valence-electron chi connectivity index (χ4n) is 1.28. The van der Waals surface area contributed by atoms with E-state index >= 15 is 0 Å². The summed E-state index contributed by atoms with van der Waals surface area (Å²) in [5.41, 5.74) is 1.54. The molecular weight excluding hydrogens is 182 g/mol. The summed E-state index contributed by atoms with van der Waals surface area (Å²) in [6.45, 7) is 5.25. The molecule has 1 heterocycles. The fourth-order valence-corrected chi connectivity index (χ4v) is 1.28. The summed E-state index contributed by atoms with van der Waals surface area (Å²) in [6, 6.07) is 0. The zero-order chi connectivity index (χ0) is 10.7. The molecule has 0 spiro atoms. The summed E-state index contributed by atoms with van der Waals surface area (Å²) in [7, 11) is 0. The Labute approximate surface area is 82.3 Å². The first-order valence-electron chi connectivity index (χ1n) is 4.44. The summed E-state index contributed by atoms with van der Waals surface area (Å²) in [5, 5.41) is 0. The zero-order valence-electron chi connectivity index (χ0n) is 8.51. The Hall–Kier alpha value is -1.58. The highest BCUT2D eigenvalue weighted by Crippen LogP contribution is 2.14. The second kappa shape index (κ2) is 4.09. The molecule has 4 heteroatoms. The van der Waals surface area contributed by atoms with Gasteiger partial charge in [0.25, 0.3) is 0 Å². The van der Waals surface area contributed by atoms with Crippen molar-refractivity contribution >= 4 is 11.8 Å². The lowest BCUT2D eigenvalue weighted by atomic mass is 10.1. The first kappa shape index (κ1) is 10.5. The van der Waals surface area contributed by atoms with Crippen molar-refractivity contribution in [3.8, 4) is 0 Å². The van der Waals surface area contributed by atoms with Gasteiger partial charge in [0.1, 0.15) is 0 Å². The van der Waals surface area contributed by atoms with Crippen LogP contribution in [0.5, 0.6) is 0 Å². The number of carbonyl (C=O) groups is 2. The van der Waals surface area contributed by atoms with Crippen LogP contribution in [0.1, 0.15) is 40.3 Å². The average molecular weight is 195 g/mol. The molecule has 0 aromatic carbocycles. The van der Waals surface area contributed by atoms with Gasteiger partial charge in [-0.25, -0.2) is 4.79 Å². The van der Waals surface area contributed by atoms with Gasteiger partial charge in [0.2, 0.25) is 0 Å². The van der Waals surface area contributed by atoms with Gasteiger partial charge in [-0.3, -0.25) is 4.79 Å². The molecule has 0 aliphatic carbocycles. The standard InChI is InChI=1S/C10H13NO3/c1-4-14-10(13)8-5-11-9(6(8)2)7(3)12/h5,11H,4H2,1-3H3. The van der Waals surface area contributed by atoms with Crippen LogP contribution in [0.2, 0.25) is 0 Å². The van der Waals surface area contributed by atoms with Crippen molar-refractivity contribution in [2.75, 3.05) is 6.61 Å². The van der Waals surface area contributed by atoms with Gasteiger partial charge < -0.3 is 9.72 Å². The Kier molecular flexibility index (Phi) is 3.06. The molecule has 0 fully saturated rings. The predicted molar refractivity (Wildman–Crippen MR) is 51.5 cm³/mol. The monoisotopic (exact) mass is 195 g/mol. The molecule has 1 N–H and O–H groups in total. The van der Waals surface area contributed by atoms with Gasteiger partial charge in [0, 0.05) is 13.1 Å². The van der Waals surface area contributed by atoms with E-state index in [2.05, 4.69) is 4.98 Å². The number of aromatic nitrogens is 1. The van der Waals surface area contributed by atoms with Crippen LogP contribution in [0.4, 0.5) is 0 Å². The van der Waals surface area contributed by atoms with Crippen molar-refractivity contribution in [3.05, 3.63) is 23.0 Å². The van der Waals surface area contributed by atoms with Gasteiger partial charge in [-0.15, -0.1) is 0 Å². The van der Waals surface area contributed by atoms with Crippen LogP contribution in [-0.2, 0) is 4.74 Å². The maximum absolute atomic E-state index is 11.3. The predicted octanol–water partition coefficient (Wildman–Crippen LogP) is 1.70. The van der Waals surface area contributed by atoms with E-state index in [0.29, 0.717) is 23.4 Å². The second-order valence-corrected chi connectivity index (χ2v) is 2.98. The molecule has 1 rings (SSSR count). The molecule has 0 saturated carbocycles. The Morgan fingerprint density at radius 2 is 2.14 bits per heavy atom. The zero-order valence-corrected chi connectivity index (χ0v) is 8.51. The highest BCUT2D eigenvalue weighted by Gasteiger charge is 2.16. The van der Waals surface area contributed by atoms with Gasteiger partial charge in [-0.1, -0.05) is 0 Å². The molecule has 0 bridgehead atoms. The van der Waals surface area contributed by atoms with E-state index in [1.165, 1.54) is 13.1 Å². The second-order valence-electron chi connectivity index (χ2n) is 2.98. The topological polar surface area (TPSA) is 59.2 Å². The SMILES string of the molecule is CCOC(=O)c1c[nH]c(C(C)=O)c1C. The molecule has 0 aliphatic heterocycles. The Morgan fingerprint density at radius 1 is 1.50 bits per heavy atom. The number of nitrogens with one attached hydrogen (secondary N) is 1. The van der Waals surface area contributed by atoms with Crippen LogP contribution in [0.25, 0.3) is 0 Å². The van der Waals surface area contributed by atoms with E-state index < -0.39 is 5.97 Å². The number of hydrogen-bond donors (Lipinski definition) is 1. The smallest absolute Gasteiger partial charge is 0.339 e. The molecule has 0 amide bonds. The molecule has 0 radical (unpaired) electrons. The highest BCUT2D eigenvalue weighted by molar-refractivity contribution is 5.99. The number of rotatable bonds is 3. The Balaban J connectivity index is 3.00. The largest absolute Gasteiger partial charge is 0.462 e. The third kappa shape index (κ3) is 1.84. The van der Waals surface area contributed by atoms with Gasteiger partial charge in [-0.05, 0) is 19.4 Å². The first-order valence-corrected chi connectivity index (χ1v) is 4.44. The Morgan fingerprint density at radius 3 is 2.57 bits per heavy atom. The van der Waals surface area contributed by atoms with E-state index in [-0.39, 0.29) is 5.78 Å². The van der Waals surface area contributed by atoms with Crippen LogP contribution in [-0.4, -0.2) is 23.3 Å². The maximum Gasteiger partial charge on any atom is 0.339 e. The minimum atomic E-state index is -0.395. The molecular formula is C10H13NO3. The first-order chi connectivity index (χ1) is 6.57. The summed E-state index contributed by atoms with van der Waals surface area (Å²) in [5.74, 6) is -0.480. The molecule has 0 saturated heterocycles. The van der Waals surface area contributed by atoms with Crippen molar-refractivity contribution in [1.29, 1.82) is 0 Å². The minimum Gasteiger partial charge on any atom is -0.462 e. The van der Waals surface area contributed by atoms with E-state index in [9.17, 15) is 9.59 Å². The molecule has 1 aromatic heterocycles. The molecule has 76 valence electrons. The lowest BCUT2D eigenvalue weighted by Crippen LogP contribution is -2.05. The summed E-state index contributed by atoms with van der Waals surface area (Å²) >= 11 is 0. The van der Waals surface area contributed by atoms with Crippen molar-refractivity contribution in [2.24, 2.45) is 0 Å². The number of aromatic amines is 1. The van der Waals surface area contributed by atoms with Crippen LogP contribution >= 0.6 is 0 Å². The van der Waals surface area contributed by atoms with Crippen LogP contribution < -0.4 is 0 Å². The third-order valence-corrected chi connectivity index (χ3v) is 1.99. The van der Waals surface area contributed by atoms with E-state index in [1.807, 2.05) is 0 Å². The van der Waals surface area contributed by atoms with Gasteiger partial charge >= 0.3 is 5.97 Å². The Bertz CT molecular complexity index is 365. The van der Waals surface area contributed by atoms with Crippen molar-refractivity contribution < 1.29 is 14.3 Å². The third-order valence-electron chi connectivity index (χ3n) is 1.99. The highest BCUT2D eigenvalue weighted by atomic mass is 16.5. The van der Waals surface area contributed by atoms with E-state index in [1.54, 1.807) is 13.8 Å². The molecule has 0 atom stereocenters. The van der Waals surface area contributed by atoms with E-state index in [0.717, 1.165) is 0 Å². The molecule has 0 unspecified atom stereocenters. The number of hydrogen-bond acceptors (Lipinski definition) is 3. The number of H-pyrrole nitrogens is 1. The van der Waals surface area contributed by atoms with Crippen LogP contribution in [0.3, 0.4) is 0 Å². The number of ketones is 1. The lowest BCUT2D eigenvalue weighted by molar-refractivity contribution is 0.0526. The van der Waals surface area contributed by atoms with Gasteiger partial charge in [0.05, 0.1) is 17.9 Å². The molecule has 14 heavy (non-hydrogen) atoms. The van der Waals surface area contributed by atoms with E-state index in [4.69, 9.17) is 4.74 Å². The molecule has 4 nitrogen and oxygen atoms in total. The van der Waals surface area contributed by atoms with Crippen LogP contribution in [0, 0.1) is 6.92 Å². The van der Waals surface area contributed by atoms with Crippen LogP contribution in [0.15, 0.2) is 6.20 Å². The normalized spacial score (nSPS) is 9.93. The number of carbonyl (C=O) groups excluding carboxylic acids is 2. The number of ether oxygens (including phenoxy) is 1. The van der Waals surface area contributed by atoms with Crippen molar-refractivity contribution in [1.82, 2.24) is 4.98 Å². The van der Waals surface area contributed by atoms with Crippen molar-refractivity contribution in [3.63, 3.8) is 0 Å². The van der Waals surface area contributed by atoms with Gasteiger partial charge in [0.15, 0.2) is 5.78 Å². The minimum absolute atomic E-state index is 0.0851.